The molecule has 0 atom stereocenters. The molecule has 114 valence electrons. The summed E-state index contributed by atoms with van der Waals surface area (Å²) < 4.78 is 28.9. The van der Waals surface area contributed by atoms with Crippen LogP contribution in [0.4, 0.5) is 5.69 Å². The first kappa shape index (κ1) is 14.5. The van der Waals surface area contributed by atoms with Gasteiger partial charge in [-0.1, -0.05) is 11.6 Å². The van der Waals surface area contributed by atoms with Gasteiger partial charge in [0.15, 0.2) is 5.82 Å². The number of nitrogens with zero attached hydrogens (tertiary/aromatic N) is 4. The van der Waals surface area contributed by atoms with Crippen molar-refractivity contribution in [2.45, 2.75) is 11.8 Å². The molecular formula is C12H11ClN6O2S. The van der Waals surface area contributed by atoms with Gasteiger partial charge >= 0.3 is 0 Å². The second-order valence-electron chi connectivity index (χ2n) is 4.48. The van der Waals surface area contributed by atoms with E-state index in [1.165, 1.54) is 41.5 Å². The lowest BCUT2D eigenvalue weighted by atomic mass is 10.4. The molecular weight excluding hydrogens is 328 g/mol. The van der Waals surface area contributed by atoms with Gasteiger partial charge in [0.25, 0.3) is 10.0 Å². The molecule has 0 bridgehead atoms. The molecule has 0 amide bonds. The van der Waals surface area contributed by atoms with Crippen molar-refractivity contribution in [3.63, 3.8) is 0 Å². The fourth-order valence-electron chi connectivity index (χ4n) is 1.84. The fraction of sp³-hybridized carbons (Fsp3) is 0.0833. The molecule has 0 fully saturated rings. The van der Waals surface area contributed by atoms with Gasteiger partial charge < -0.3 is 0 Å². The van der Waals surface area contributed by atoms with E-state index in [2.05, 4.69) is 25.1 Å². The van der Waals surface area contributed by atoms with Gasteiger partial charge in [0, 0.05) is 5.02 Å². The lowest BCUT2D eigenvalue weighted by Crippen LogP contribution is -2.14. The van der Waals surface area contributed by atoms with Crippen molar-refractivity contribution in [3.8, 4) is 5.82 Å². The molecule has 0 aliphatic heterocycles. The number of aryl methyl sites for hydroxylation is 1. The third-order valence-electron chi connectivity index (χ3n) is 2.95. The Bertz CT molecular complexity index is 886. The van der Waals surface area contributed by atoms with Gasteiger partial charge in [-0.2, -0.15) is 5.10 Å². The van der Waals surface area contributed by atoms with Gasteiger partial charge in [-0.25, -0.2) is 8.42 Å². The average molecular weight is 339 g/mol. The summed E-state index contributed by atoms with van der Waals surface area (Å²) in [5.41, 5.74) is 0.899. The molecule has 10 heteroatoms. The van der Waals surface area contributed by atoms with E-state index in [4.69, 9.17) is 11.6 Å². The molecule has 0 aliphatic carbocycles. The molecule has 3 rings (SSSR count). The van der Waals surface area contributed by atoms with Crippen molar-refractivity contribution < 1.29 is 8.42 Å². The van der Waals surface area contributed by atoms with E-state index < -0.39 is 10.0 Å². The van der Waals surface area contributed by atoms with Crippen molar-refractivity contribution in [1.29, 1.82) is 0 Å². The highest BCUT2D eigenvalue weighted by Gasteiger charge is 2.20. The molecule has 22 heavy (non-hydrogen) atoms. The minimum absolute atomic E-state index is 0.104. The number of anilines is 1. The molecule has 8 nitrogen and oxygen atoms in total. The Balaban J connectivity index is 2.00. The number of benzene rings is 1. The van der Waals surface area contributed by atoms with Gasteiger partial charge in [0.1, 0.15) is 18.3 Å². The highest BCUT2D eigenvalue weighted by Crippen LogP contribution is 2.25. The van der Waals surface area contributed by atoms with E-state index in [-0.39, 0.29) is 4.90 Å². The van der Waals surface area contributed by atoms with Crippen LogP contribution < -0.4 is 4.72 Å². The summed E-state index contributed by atoms with van der Waals surface area (Å²) in [4.78, 5) is 0.104. The molecule has 0 saturated carbocycles. The van der Waals surface area contributed by atoms with Gasteiger partial charge in [-0.3, -0.25) is 14.4 Å². The van der Waals surface area contributed by atoms with E-state index in [1.54, 1.807) is 6.92 Å². The number of aromatic nitrogens is 5. The minimum atomic E-state index is -3.76. The van der Waals surface area contributed by atoms with E-state index in [9.17, 15) is 8.42 Å². The Kier molecular flexibility index (Phi) is 3.59. The SMILES string of the molecule is Cc1[nH]nc(-n2cnnc2)c1NS(=O)(=O)c1ccc(Cl)cc1. The Morgan fingerprint density at radius 3 is 2.45 bits per heavy atom. The smallest absolute Gasteiger partial charge is 0.262 e. The lowest BCUT2D eigenvalue weighted by molar-refractivity contribution is 0.601. The van der Waals surface area contributed by atoms with Crippen LogP contribution in [0.25, 0.3) is 5.82 Å². The zero-order valence-corrected chi connectivity index (χ0v) is 12.9. The summed E-state index contributed by atoms with van der Waals surface area (Å²) in [5.74, 6) is 0.361. The molecule has 0 spiro atoms. The zero-order chi connectivity index (χ0) is 15.7. The predicted octanol–water partition coefficient (Wildman–Crippen LogP) is 1.75. The molecule has 0 radical (unpaired) electrons. The second kappa shape index (κ2) is 5.43. The minimum Gasteiger partial charge on any atom is -0.279 e. The van der Waals surface area contributed by atoms with Gasteiger partial charge in [-0.05, 0) is 31.2 Å². The first-order valence-corrected chi connectivity index (χ1v) is 8.02. The van der Waals surface area contributed by atoms with Crippen LogP contribution in [0, 0.1) is 6.92 Å². The quantitative estimate of drug-likeness (QED) is 0.754. The molecule has 0 aliphatic rings. The number of halogens is 1. The highest BCUT2D eigenvalue weighted by molar-refractivity contribution is 7.92. The van der Waals surface area contributed by atoms with Crippen molar-refractivity contribution in [3.05, 3.63) is 47.6 Å². The summed E-state index contributed by atoms with van der Waals surface area (Å²) >= 11 is 5.78. The van der Waals surface area contributed by atoms with Crippen LogP contribution in [0.5, 0.6) is 0 Å². The van der Waals surface area contributed by atoms with Crippen LogP contribution in [-0.4, -0.2) is 33.4 Å². The van der Waals surface area contributed by atoms with Crippen LogP contribution in [0.3, 0.4) is 0 Å². The Morgan fingerprint density at radius 1 is 1.18 bits per heavy atom. The largest absolute Gasteiger partial charge is 0.279 e. The zero-order valence-electron chi connectivity index (χ0n) is 11.4. The molecule has 2 N–H and O–H groups in total. The summed E-state index contributed by atoms with van der Waals surface area (Å²) in [7, 11) is -3.76. The van der Waals surface area contributed by atoms with E-state index in [0.717, 1.165) is 0 Å². The number of nitrogens with one attached hydrogen (secondary N) is 2. The maximum absolute atomic E-state index is 12.4. The maximum atomic E-state index is 12.4. The Labute approximate surface area is 131 Å². The number of rotatable bonds is 4. The first-order chi connectivity index (χ1) is 10.5. The third-order valence-corrected chi connectivity index (χ3v) is 4.57. The molecule has 3 aromatic rings. The number of hydrogen-bond donors (Lipinski definition) is 2. The topological polar surface area (TPSA) is 106 Å². The lowest BCUT2D eigenvalue weighted by Gasteiger charge is -2.09. The van der Waals surface area contributed by atoms with Gasteiger partial charge in [0.05, 0.1) is 10.6 Å². The predicted molar refractivity (Wildman–Crippen MR) is 80.5 cm³/mol. The van der Waals surface area contributed by atoms with Gasteiger partial charge in [0.2, 0.25) is 0 Å². The number of sulfonamides is 1. The third kappa shape index (κ3) is 2.68. The summed E-state index contributed by atoms with van der Waals surface area (Å²) in [6.45, 7) is 1.71. The highest BCUT2D eigenvalue weighted by atomic mass is 35.5. The Hall–Kier alpha value is -2.39. The van der Waals surface area contributed by atoms with E-state index in [1.807, 2.05) is 0 Å². The summed E-state index contributed by atoms with van der Waals surface area (Å²) in [6, 6.07) is 5.88. The van der Waals surface area contributed by atoms with E-state index in [0.29, 0.717) is 22.2 Å². The van der Waals surface area contributed by atoms with Crippen LogP contribution >= 0.6 is 11.6 Å². The van der Waals surface area contributed by atoms with Crippen molar-refractivity contribution in [2.75, 3.05) is 4.72 Å². The number of H-pyrrole nitrogens is 1. The first-order valence-electron chi connectivity index (χ1n) is 6.16. The number of aromatic amines is 1. The van der Waals surface area contributed by atoms with Crippen LogP contribution in [0.2, 0.25) is 5.02 Å². The average Bonchev–Trinajstić information content (AvgIpc) is 3.10. The van der Waals surface area contributed by atoms with Crippen LogP contribution in [0.1, 0.15) is 5.69 Å². The fourth-order valence-corrected chi connectivity index (χ4v) is 3.09. The van der Waals surface area contributed by atoms with Crippen LogP contribution in [0.15, 0.2) is 41.8 Å². The molecule has 0 unspecified atom stereocenters. The van der Waals surface area contributed by atoms with Crippen LogP contribution in [-0.2, 0) is 10.0 Å². The normalized spacial score (nSPS) is 11.5. The summed E-state index contributed by atoms with van der Waals surface area (Å²) in [5, 5.41) is 14.6. The Morgan fingerprint density at radius 2 is 1.82 bits per heavy atom. The van der Waals surface area contributed by atoms with Gasteiger partial charge in [-0.15, -0.1) is 10.2 Å². The molecule has 2 heterocycles. The van der Waals surface area contributed by atoms with Crippen molar-refractivity contribution in [2.24, 2.45) is 0 Å². The standard InChI is InChI=1S/C12H11ClN6O2S/c1-8-11(12(17-16-8)19-6-14-15-7-19)18-22(20,21)10-4-2-9(13)3-5-10/h2-7,18H,1H3,(H,16,17). The van der Waals surface area contributed by atoms with Crippen molar-refractivity contribution >= 4 is 27.3 Å². The van der Waals surface area contributed by atoms with E-state index >= 15 is 0 Å². The summed E-state index contributed by atoms with van der Waals surface area (Å²) in [6.07, 6.45) is 2.85. The second-order valence-corrected chi connectivity index (χ2v) is 6.59. The monoisotopic (exact) mass is 338 g/mol. The maximum Gasteiger partial charge on any atom is 0.262 e. The number of hydrogen-bond acceptors (Lipinski definition) is 5. The molecule has 1 aromatic carbocycles. The molecule has 0 saturated heterocycles. The molecule has 2 aromatic heterocycles. The van der Waals surface area contributed by atoms with Crippen molar-refractivity contribution in [1.82, 2.24) is 25.0 Å².